The normalized spacial score (nSPS) is 18.5. The van der Waals surface area contributed by atoms with Crippen molar-refractivity contribution in [2.75, 3.05) is 45.1 Å². The van der Waals surface area contributed by atoms with E-state index < -0.39 is 0 Å². The highest BCUT2D eigenvalue weighted by atomic mass is 35.5. The average molecular weight is 293 g/mol. The van der Waals surface area contributed by atoms with Gasteiger partial charge >= 0.3 is 0 Å². The summed E-state index contributed by atoms with van der Waals surface area (Å²) in [6.45, 7) is 7.70. The monoisotopic (exact) mass is 292 g/mol. The lowest BCUT2D eigenvalue weighted by molar-refractivity contribution is 0.151. The fourth-order valence-corrected chi connectivity index (χ4v) is 2.67. The molecule has 1 heterocycles. The van der Waals surface area contributed by atoms with Crippen LogP contribution in [0.3, 0.4) is 0 Å². The number of hydrogen-bond acceptors (Lipinski definition) is 4. The van der Waals surface area contributed by atoms with Crippen LogP contribution in [0.2, 0.25) is 5.02 Å². The number of benzene rings is 1. The molecule has 1 aliphatic heterocycles. The second-order valence-electron chi connectivity index (χ2n) is 5.46. The van der Waals surface area contributed by atoms with Crippen LogP contribution in [-0.4, -0.2) is 55.6 Å². The van der Waals surface area contributed by atoms with Gasteiger partial charge in [-0.1, -0.05) is 11.6 Å². The third-order valence-corrected chi connectivity index (χ3v) is 3.94. The van der Waals surface area contributed by atoms with Gasteiger partial charge < -0.3 is 10.2 Å². The second kappa shape index (κ2) is 6.94. The predicted octanol–water partition coefficient (Wildman–Crippen LogP) is 2.26. The molecule has 1 N–H and O–H groups in total. The number of piperazine rings is 1. The van der Waals surface area contributed by atoms with E-state index in [4.69, 9.17) is 16.9 Å². The van der Waals surface area contributed by atoms with Gasteiger partial charge in [0.1, 0.15) is 6.07 Å². The molecule has 5 heteroatoms. The lowest BCUT2D eigenvalue weighted by atomic mass is 10.2. The summed E-state index contributed by atoms with van der Waals surface area (Å²) in [7, 11) is 2.16. The minimum absolute atomic E-state index is 0.349. The van der Waals surface area contributed by atoms with Gasteiger partial charge in [-0.2, -0.15) is 5.26 Å². The quantitative estimate of drug-likeness (QED) is 0.924. The van der Waals surface area contributed by atoms with E-state index in [9.17, 15) is 0 Å². The van der Waals surface area contributed by atoms with E-state index in [2.05, 4.69) is 35.2 Å². The van der Waals surface area contributed by atoms with Crippen molar-refractivity contribution in [1.82, 2.24) is 9.80 Å². The van der Waals surface area contributed by atoms with Crippen molar-refractivity contribution in [1.29, 1.82) is 5.26 Å². The summed E-state index contributed by atoms with van der Waals surface area (Å²) in [6, 6.07) is 7.91. The Balaban J connectivity index is 1.86. The van der Waals surface area contributed by atoms with E-state index in [0.29, 0.717) is 16.6 Å². The Kier molecular flexibility index (Phi) is 5.24. The molecule has 20 heavy (non-hydrogen) atoms. The largest absolute Gasteiger partial charge is 0.381 e. The first-order chi connectivity index (χ1) is 9.58. The summed E-state index contributed by atoms with van der Waals surface area (Å²) in [4.78, 5) is 4.83. The topological polar surface area (TPSA) is 42.3 Å². The maximum atomic E-state index is 8.86. The number of hydrogen-bond donors (Lipinski definition) is 1. The lowest BCUT2D eigenvalue weighted by Crippen LogP contribution is -2.47. The van der Waals surface area contributed by atoms with E-state index in [1.807, 2.05) is 12.1 Å². The van der Waals surface area contributed by atoms with Gasteiger partial charge in [0.2, 0.25) is 0 Å². The predicted molar refractivity (Wildman–Crippen MR) is 83.2 cm³/mol. The van der Waals surface area contributed by atoms with Crippen LogP contribution in [0.25, 0.3) is 0 Å². The molecular weight excluding hydrogens is 272 g/mol. The Morgan fingerprint density at radius 1 is 1.35 bits per heavy atom. The van der Waals surface area contributed by atoms with Gasteiger partial charge in [-0.25, -0.2) is 0 Å². The van der Waals surface area contributed by atoms with Crippen LogP contribution >= 0.6 is 11.6 Å². The number of rotatable bonds is 4. The van der Waals surface area contributed by atoms with Crippen LogP contribution in [0.15, 0.2) is 18.2 Å². The molecule has 0 spiro atoms. The fourth-order valence-electron chi connectivity index (χ4n) is 2.44. The van der Waals surface area contributed by atoms with Crippen molar-refractivity contribution >= 4 is 17.3 Å². The van der Waals surface area contributed by atoms with Crippen molar-refractivity contribution in [3.63, 3.8) is 0 Å². The molecule has 1 aromatic carbocycles. The van der Waals surface area contributed by atoms with Crippen LogP contribution in [0, 0.1) is 11.3 Å². The molecule has 1 saturated heterocycles. The number of anilines is 1. The molecule has 2 rings (SSSR count). The molecule has 1 aliphatic rings. The zero-order valence-electron chi connectivity index (χ0n) is 12.1. The maximum Gasteiger partial charge on any atom is 0.101 e. The van der Waals surface area contributed by atoms with Crippen LogP contribution < -0.4 is 5.32 Å². The molecule has 0 saturated carbocycles. The molecule has 4 nitrogen and oxygen atoms in total. The summed E-state index contributed by atoms with van der Waals surface area (Å²) < 4.78 is 0. The van der Waals surface area contributed by atoms with Gasteiger partial charge in [-0.3, -0.25) is 4.90 Å². The minimum Gasteiger partial charge on any atom is -0.381 e. The zero-order valence-corrected chi connectivity index (χ0v) is 12.8. The van der Waals surface area contributed by atoms with Gasteiger partial charge in [0.25, 0.3) is 0 Å². The Morgan fingerprint density at radius 3 is 2.65 bits per heavy atom. The number of likely N-dealkylation sites (N-methyl/N-ethyl adjacent to an activating group) is 1. The van der Waals surface area contributed by atoms with Gasteiger partial charge in [0, 0.05) is 44.5 Å². The van der Waals surface area contributed by atoms with Crippen molar-refractivity contribution in [3.05, 3.63) is 28.8 Å². The first kappa shape index (κ1) is 15.1. The Hall–Kier alpha value is -1.28. The maximum absolute atomic E-state index is 8.86. The number of nitrogens with zero attached hydrogens (tertiary/aromatic N) is 3. The minimum atomic E-state index is 0.349. The third-order valence-electron chi connectivity index (χ3n) is 3.63. The molecular formula is C15H21ClN4. The first-order valence-electron chi connectivity index (χ1n) is 6.95. The van der Waals surface area contributed by atoms with Crippen molar-refractivity contribution in [2.45, 2.75) is 13.0 Å². The molecule has 1 fully saturated rings. The zero-order chi connectivity index (χ0) is 14.5. The van der Waals surface area contributed by atoms with E-state index >= 15 is 0 Å². The summed E-state index contributed by atoms with van der Waals surface area (Å²) in [5.41, 5.74) is 1.49. The lowest BCUT2D eigenvalue weighted by Gasteiger charge is -2.34. The highest BCUT2D eigenvalue weighted by molar-refractivity contribution is 6.32. The van der Waals surface area contributed by atoms with Crippen LogP contribution in [0.1, 0.15) is 12.5 Å². The average Bonchev–Trinajstić information content (AvgIpc) is 2.41. The van der Waals surface area contributed by atoms with Gasteiger partial charge in [0.05, 0.1) is 10.6 Å². The third kappa shape index (κ3) is 4.11. The van der Waals surface area contributed by atoms with Crippen molar-refractivity contribution in [2.24, 2.45) is 0 Å². The van der Waals surface area contributed by atoms with Gasteiger partial charge in [-0.15, -0.1) is 0 Å². The Morgan fingerprint density at radius 2 is 2.05 bits per heavy atom. The number of nitrogens with one attached hydrogen (secondary N) is 1. The van der Waals surface area contributed by atoms with Crippen LogP contribution in [0.4, 0.5) is 5.69 Å². The van der Waals surface area contributed by atoms with Gasteiger partial charge in [-0.05, 0) is 32.2 Å². The first-order valence-corrected chi connectivity index (χ1v) is 7.33. The smallest absolute Gasteiger partial charge is 0.101 e. The van der Waals surface area contributed by atoms with Crippen molar-refractivity contribution in [3.8, 4) is 6.07 Å². The van der Waals surface area contributed by atoms with E-state index in [-0.39, 0.29) is 0 Å². The molecule has 1 aromatic rings. The number of halogens is 1. The molecule has 1 unspecified atom stereocenters. The molecule has 0 aliphatic carbocycles. The molecule has 0 radical (unpaired) electrons. The molecule has 1 atom stereocenters. The Labute approximate surface area is 125 Å². The Bertz CT molecular complexity index is 489. The SMILES string of the molecule is CC(CN1CCN(C)CC1)Nc1ccc(C#N)c(Cl)c1. The molecule has 0 aromatic heterocycles. The van der Waals surface area contributed by atoms with Crippen LogP contribution in [0.5, 0.6) is 0 Å². The summed E-state index contributed by atoms with van der Waals surface area (Å²) in [5.74, 6) is 0. The summed E-state index contributed by atoms with van der Waals surface area (Å²) in [6.07, 6.45) is 0. The second-order valence-corrected chi connectivity index (χ2v) is 5.86. The summed E-state index contributed by atoms with van der Waals surface area (Å²) >= 11 is 6.04. The highest BCUT2D eigenvalue weighted by Crippen LogP contribution is 2.20. The van der Waals surface area contributed by atoms with E-state index in [0.717, 1.165) is 38.4 Å². The van der Waals surface area contributed by atoms with Crippen molar-refractivity contribution < 1.29 is 0 Å². The molecule has 0 amide bonds. The number of nitriles is 1. The standard InChI is InChI=1S/C15H21ClN4/c1-12(11-20-7-5-19(2)6-8-20)18-14-4-3-13(10-17)15(16)9-14/h3-4,9,12,18H,5-8,11H2,1-2H3. The van der Waals surface area contributed by atoms with E-state index in [1.165, 1.54) is 0 Å². The van der Waals surface area contributed by atoms with Crippen LogP contribution in [-0.2, 0) is 0 Å². The molecule has 0 bridgehead atoms. The fraction of sp³-hybridized carbons (Fsp3) is 0.533. The molecule has 108 valence electrons. The highest BCUT2D eigenvalue weighted by Gasteiger charge is 2.16. The van der Waals surface area contributed by atoms with E-state index in [1.54, 1.807) is 6.07 Å². The van der Waals surface area contributed by atoms with Gasteiger partial charge in [0.15, 0.2) is 0 Å². The summed E-state index contributed by atoms with van der Waals surface area (Å²) in [5, 5.41) is 12.8.